The highest BCUT2D eigenvalue weighted by Crippen LogP contribution is 2.12. The Morgan fingerprint density at radius 3 is 2.62 bits per heavy atom. The average Bonchev–Trinajstić information content (AvgIpc) is 3.00. The number of hydrogen-bond donors (Lipinski definition) is 2. The van der Waals surface area contributed by atoms with Gasteiger partial charge in [-0.05, 0) is 37.1 Å². The topological polar surface area (TPSA) is 61.4 Å². The number of carbonyl (C=O) groups is 2. The predicted molar refractivity (Wildman–Crippen MR) is 81.9 cm³/mol. The molecule has 1 atom stereocenters. The van der Waals surface area contributed by atoms with E-state index in [1.165, 1.54) is 0 Å². The van der Waals surface area contributed by atoms with Crippen molar-refractivity contribution in [3.8, 4) is 0 Å². The smallest absolute Gasteiger partial charge is 0.251 e. The van der Waals surface area contributed by atoms with E-state index in [4.69, 9.17) is 0 Å². The van der Waals surface area contributed by atoms with Crippen LogP contribution in [0.2, 0.25) is 0 Å². The van der Waals surface area contributed by atoms with Gasteiger partial charge in [0.1, 0.15) is 0 Å². The molecule has 2 N–H and O–H groups in total. The highest BCUT2D eigenvalue weighted by atomic mass is 16.2. The van der Waals surface area contributed by atoms with Crippen LogP contribution in [0.5, 0.6) is 0 Å². The van der Waals surface area contributed by atoms with Gasteiger partial charge < -0.3 is 15.5 Å². The van der Waals surface area contributed by atoms with Gasteiger partial charge in [0.2, 0.25) is 5.91 Å². The maximum absolute atomic E-state index is 12.1. The largest absolute Gasteiger partial charge is 0.355 e. The quantitative estimate of drug-likeness (QED) is 0.855. The number of nitrogens with zero attached hydrogens (tertiary/aromatic N) is 1. The van der Waals surface area contributed by atoms with Crippen LogP contribution >= 0.6 is 0 Å². The Kier molecular flexibility index (Phi) is 5.33. The number of amides is 2. The van der Waals surface area contributed by atoms with Crippen LogP contribution in [-0.2, 0) is 11.3 Å². The second kappa shape index (κ2) is 7.22. The van der Waals surface area contributed by atoms with Gasteiger partial charge >= 0.3 is 0 Å². The van der Waals surface area contributed by atoms with Gasteiger partial charge in [0.05, 0.1) is 0 Å². The van der Waals surface area contributed by atoms with E-state index in [9.17, 15) is 9.59 Å². The molecule has 0 aliphatic carbocycles. The molecule has 1 aromatic carbocycles. The Bertz CT molecular complexity index is 493. The molecule has 1 aliphatic rings. The third-order valence-corrected chi connectivity index (χ3v) is 3.87. The summed E-state index contributed by atoms with van der Waals surface area (Å²) in [5, 5.41) is 5.93. The lowest BCUT2D eigenvalue weighted by atomic mass is 10.1. The fourth-order valence-electron chi connectivity index (χ4n) is 2.57. The number of rotatable bonds is 5. The van der Waals surface area contributed by atoms with E-state index in [1.807, 2.05) is 19.2 Å². The molecule has 0 bridgehead atoms. The summed E-state index contributed by atoms with van der Waals surface area (Å²) in [5.41, 5.74) is 1.66. The molecule has 0 spiro atoms. The Morgan fingerprint density at radius 1 is 1.33 bits per heavy atom. The first-order valence-electron chi connectivity index (χ1n) is 7.38. The predicted octanol–water partition coefficient (Wildman–Crippen LogP) is 1.15. The van der Waals surface area contributed by atoms with Gasteiger partial charge in [-0.25, -0.2) is 0 Å². The Morgan fingerprint density at radius 2 is 2.05 bits per heavy atom. The summed E-state index contributed by atoms with van der Waals surface area (Å²) in [6.07, 6.45) is 2.80. The summed E-state index contributed by atoms with van der Waals surface area (Å²) >= 11 is 0. The highest BCUT2D eigenvalue weighted by molar-refractivity contribution is 5.93. The van der Waals surface area contributed by atoms with E-state index in [0.29, 0.717) is 24.6 Å². The van der Waals surface area contributed by atoms with Crippen molar-refractivity contribution in [1.82, 2.24) is 15.5 Å². The van der Waals surface area contributed by atoms with Crippen LogP contribution in [0, 0.1) is 0 Å². The molecular weight excluding hydrogens is 266 g/mol. The lowest BCUT2D eigenvalue weighted by Crippen LogP contribution is -2.33. The first-order valence-corrected chi connectivity index (χ1v) is 7.38. The van der Waals surface area contributed by atoms with Gasteiger partial charge in [-0.2, -0.15) is 0 Å². The van der Waals surface area contributed by atoms with E-state index >= 15 is 0 Å². The van der Waals surface area contributed by atoms with Crippen LogP contribution in [0.15, 0.2) is 24.3 Å². The zero-order valence-electron chi connectivity index (χ0n) is 12.7. The first-order chi connectivity index (χ1) is 10.1. The fraction of sp³-hybridized carbons (Fsp3) is 0.500. The van der Waals surface area contributed by atoms with E-state index in [2.05, 4.69) is 10.6 Å². The van der Waals surface area contributed by atoms with Gasteiger partial charge in [0.25, 0.3) is 5.91 Å². The summed E-state index contributed by atoms with van der Waals surface area (Å²) in [6.45, 7) is 1.59. The minimum absolute atomic E-state index is 0.0988. The maximum Gasteiger partial charge on any atom is 0.251 e. The van der Waals surface area contributed by atoms with E-state index in [1.54, 1.807) is 24.1 Å². The SMILES string of the molecule is CNC(=O)c1ccc(CN(C)C(=O)CC2CCCN2)cc1. The van der Waals surface area contributed by atoms with Crippen LogP contribution in [0.25, 0.3) is 0 Å². The Labute approximate surface area is 125 Å². The number of hydrogen-bond acceptors (Lipinski definition) is 3. The van der Waals surface area contributed by atoms with Crippen LogP contribution in [0.4, 0.5) is 0 Å². The van der Waals surface area contributed by atoms with Crippen LogP contribution in [-0.4, -0.2) is 43.4 Å². The van der Waals surface area contributed by atoms with Gasteiger partial charge in [-0.15, -0.1) is 0 Å². The van der Waals surface area contributed by atoms with Gasteiger partial charge in [0.15, 0.2) is 0 Å². The van der Waals surface area contributed by atoms with E-state index < -0.39 is 0 Å². The third-order valence-electron chi connectivity index (χ3n) is 3.87. The van der Waals surface area contributed by atoms with Crippen molar-refractivity contribution in [3.63, 3.8) is 0 Å². The van der Waals surface area contributed by atoms with Crippen LogP contribution in [0.3, 0.4) is 0 Å². The molecule has 1 heterocycles. The van der Waals surface area contributed by atoms with Crippen molar-refractivity contribution in [2.45, 2.75) is 31.8 Å². The van der Waals surface area contributed by atoms with Crippen molar-refractivity contribution >= 4 is 11.8 Å². The zero-order chi connectivity index (χ0) is 15.2. The van der Waals surface area contributed by atoms with Crippen molar-refractivity contribution in [2.24, 2.45) is 0 Å². The van der Waals surface area contributed by atoms with Crippen molar-refractivity contribution < 1.29 is 9.59 Å². The molecule has 5 nitrogen and oxygen atoms in total. The second-order valence-electron chi connectivity index (χ2n) is 5.52. The summed E-state index contributed by atoms with van der Waals surface area (Å²) in [5.74, 6) is 0.0584. The Balaban J connectivity index is 1.87. The zero-order valence-corrected chi connectivity index (χ0v) is 12.7. The number of benzene rings is 1. The standard InChI is InChI=1S/C16H23N3O2/c1-17-16(21)13-7-5-12(6-8-13)11-19(2)15(20)10-14-4-3-9-18-14/h5-8,14,18H,3-4,9-11H2,1-2H3,(H,17,21). The number of nitrogens with one attached hydrogen (secondary N) is 2. The minimum atomic E-state index is -0.0988. The minimum Gasteiger partial charge on any atom is -0.355 e. The summed E-state index contributed by atoms with van der Waals surface area (Å²) in [4.78, 5) is 25.4. The molecule has 21 heavy (non-hydrogen) atoms. The fourth-order valence-corrected chi connectivity index (χ4v) is 2.57. The van der Waals surface area contributed by atoms with E-state index in [0.717, 1.165) is 24.9 Å². The summed E-state index contributed by atoms with van der Waals surface area (Å²) in [7, 11) is 3.43. The number of carbonyl (C=O) groups excluding carboxylic acids is 2. The third kappa shape index (κ3) is 4.29. The molecule has 1 aliphatic heterocycles. The second-order valence-corrected chi connectivity index (χ2v) is 5.52. The maximum atomic E-state index is 12.1. The van der Waals surface area contributed by atoms with Gasteiger partial charge in [0, 0.05) is 38.7 Å². The van der Waals surface area contributed by atoms with E-state index in [-0.39, 0.29) is 11.8 Å². The molecule has 1 unspecified atom stereocenters. The molecule has 2 amide bonds. The van der Waals surface area contributed by atoms with Gasteiger partial charge in [-0.3, -0.25) is 9.59 Å². The normalized spacial score (nSPS) is 17.5. The lowest BCUT2D eigenvalue weighted by molar-refractivity contribution is -0.130. The molecule has 114 valence electrons. The average molecular weight is 289 g/mol. The Hall–Kier alpha value is -1.88. The van der Waals surface area contributed by atoms with Crippen molar-refractivity contribution in [2.75, 3.05) is 20.6 Å². The van der Waals surface area contributed by atoms with Crippen molar-refractivity contribution in [1.29, 1.82) is 0 Å². The molecule has 5 heteroatoms. The monoisotopic (exact) mass is 289 g/mol. The van der Waals surface area contributed by atoms with Gasteiger partial charge in [-0.1, -0.05) is 12.1 Å². The first kappa shape index (κ1) is 15.5. The summed E-state index contributed by atoms with van der Waals surface area (Å²) in [6, 6.07) is 7.68. The molecule has 2 rings (SSSR count). The molecule has 1 fully saturated rings. The molecule has 0 aromatic heterocycles. The summed E-state index contributed by atoms with van der Waals surface area (Å²) < 4.78 is 0. The molecule has 1 aromatic rings. The van der Waals surface area contributed by atoms with Crippen LogP contribution < -0.4 is 10.6 Å². The van der Waals surface area contributed by atoms with Crippen molar-refractivity contribution in [3.05, 3.63) is 35.4 Å². The molecule has 0 saturated carbocycles. The van der Waals surface area contributed by atoms with Crippen LogP contribution in [0.1, 0.15) is 35.2 Å². The lowest BCUT2D eigenvalue weighted by Gasteiger charge is -2.19. The molecule has 1 saturated heterocycles. The molecular formula is C16H23N3O2. The molecule has 0 radical (unpaired) electrons. The highest BCUT2D eigenvalue weighted by Gasteiger charge is 2.19.